The maximum absolute atomic E-state index is 5.42. The third-order valence-electron chi connectivity index (χ3n) is 7.20. The van der Waals surface area contributed by atoms with Gasteiger partial charge in [-0.3, -0.25) is 4.40 Å². The zero-order valence-electron chi connectivity index (χ0n) is 21.8. The molecule has 0 amide bonds. The van der Waals surface area contributed by atoms with Gasteiger partial charge in [-0.15, -0.1) is 0 Å². The van der Waals surface area contributed by atoms with Crippen LogP contribution in [0.5, 0.6) is 0 Å². The summed E-state index contributed by atoms with van der Waals surface area (Å²) in [6.07, 6.45) is 3.05. The molecule has 0 fully saturated rings. The summed E-state index contributed by atoms with van der Waals surface area (Å²) >= 11 is 0. The number of rotatable bonds is 4. The minimum Gasteiger partial charge on any atom is -0.325 e. The van der Waals surface area contributed by atoms with Crippen LogP contribution in [-0.2, 0) is 12.0 Å². The zero-order chi connectivity index (χ0) is 24.4. The molecule has 0 radical (unpaired) electrons. The Morgan fingerprint density at radius 1 is 0.824 bits per heavy atom. The van der Waals surface area contributed by atoms with Crippen molar-refractivity contribution in [3.63, 3.8) is 0 Å². The highest BCUT2D eigenvalue weighted by molar-refractivity contribution is 6.10. The average Bonchev–Trinajstić information content (AvgIpc) is 3.36. The Bertz CT molecular complexity index is 1520. The third-order valence-corrected chi connectivity index (χ3v) is 7.20. The first kappa shape index (κ1) is 22.6. The Labute approximate surface area is 202 Å². The first-order chi connectivity index (χ1) is 16.0. The van der Waals surface area contributed by atoms with E-state index in [1.165, 1.54) is 33.0 Å². The second kappa shape index (κ2) is 7.69. The lowest BCUT2D eigenvalue weighted by atomic mass is 9.88. The number of aromatic nitrogens is 4. The van der Waals surface area contributed by atoms with Crippen molar-refractivity contribution in [1.82, 2.24) is 18.9 Å². The molecule has 0 aliphatic rings. The van der Waals surface area contributed by atoms with Gasteiger partial charge in [0.25, 0.3) is 0 Å². The van der Waals surface area contributed by atoms with Crippen LogP contribution in [0, 0.1) is 19.3 Å². The van der Waals surface area contributed by atoms with Gasteiger partial charge in [0.2, 0.25) is 0 Å². The molecule has 2 aromatic carbocycles. The Kier molecular flexibility index (Phi) is 5.12. The van der Waals surface area contributed by atoms with Crippen molar-refractivity contribution >= 4 is 27.6 Å². The lowest BCUT2D eigenvalue weighted by Gasteiger charge is -2.27. The summed E-state index contributed by atoms with van der Waals surface area (Å²) in [7, 11) is 0. The predicted molar refractivity (Wildman–Crippen MR) is 144 cm³/mol. The van der Waals surface area contributed by atoms with Crippen molar-refractivity contribution in [3.05, 3.63) is 65.6 Å². The molecule has 0 bridgehead atoms. The molecule has 3 heterocycles. The standard InChI is InChI=1S/C30H36N4/c1-9-30(7,8)28-32-27-25(33(28)18-29(4,5)6)21-15-10-11-16-22(21)26-31-17-23(34(26)27)24-19(2)13-12-14-20(24)3/h10-17H,9,18H2,1-8H3. The highest BCUT2D eigenvalue weighted by Crippen LogP contribution is 2.39. The van der Waals surface area contributed by atoms with E-state index in [0.717, 1.165) is 35.8 Å². The number of aryl methyl sites for hydroxylation is 2. The van der Waals surface area contributed by atoms with Crippen molar-refractivity contribution < 1.29 is 0 Å². The summed E-state index contributed by atoms with van der Waals surface area (Å²) in [5.41, 5.74) is 8.13. The molecule has 3 aromatic heterocycles. The van der Waals surface area contributed by atoms with Crippen LogP contribution in [0.15, 0.2) is 48.7 Å². The van der Waals surface area contributed by atoms with Gasteiger partial charge in [-0.1, -0.05) is 84.0 Å². The Morgan fingerprint density at radius 2 is 1.47 bits per heavy atom. The number of hydrogen-bond donors (Lipinski definition) is 0. The molecule has 4 heteroatoms. The molecule has 0 unspecified atom stereocenters. The van der Waals surface area contributed by atoms with Gasteiger partial charge in [-0.05, 0) is 36.8 Å². The monoisotopic (exact) mass is 452 g/mol. The van der Waals surface area contributed by atoms with E-state index < -0.39 is 0 Å². The number of hydrogen-bond acceptors (Lipinski definition) is 2. The van der Waals surface area contributed by atoms with Crippen LogP contribution in [0.1, 0.15) is 64.9 Å². The highest BCUT2D eigenvalue weighted by Gasteiger charge is 2.30. The second-order valence-electron chi connectivity index (χ2n) is 11.6. The molecule has 5 aromatic rings. The molecule has 0 N–H and O–H groups in total. The van der Waals surface area contributed by atoms with E-state index in [1.54, 1.807) is 0 Å². The first-order valence-corrected chi connectivity index (χ1v) is 12.4. The van der Waals surface area contributed by atoms with Crippen LogP contribution in [0.25, 0.3) is 38.8 Å². The van der Waals surface area contributed by atoms with Crippen molar-refractivity contribution in [2.45, 2.75) is 73.8 Å². The summed E-state index contributed by atoms with van der Waals surface area (Å²) in [4.78, 5) is 10.4. The van der Waals surface area contributed by atoms with Gasteiger partial charge in [0, 0.05) is 28.3 Å². The van der Waals surface area contributed by atoms with Crippen molar-refractivity contribution in [2.75, 3.05) is 0 Å². The largest absolute Gasteiger partial charge is 0.325 e. The third kappa shape index (κ3) is 3.43. The smallest absolute Gasteiger partial charge is 0.165 e. The number of pyridine rings is 1. The maximum Gasteiger partial charge on any atom is 0.165 e. The van der Waals surface area contributed by atoms with Gasteiger partial charge in [0.1, 0.15) is 11.5 Å². The number of fused-ring (bicyclic) bond motifs is 6. The van der Waals surface area contributed by atoms with Gasteiger partial charge >= 0.3 is 0 Å². The van der Waals surface area contributed by atoms with Gasteiger partial charge in [0.15, 0.2) is 5.65 Å². The molecular weight excluding hydrogens is 416 g/mol. The fourth-order valence-corrected chi connectivity index (χ4v) is 5.20. The molecular formula is C30H36N4. The summed E-state index contributed by atoms with van der Waals surface area (Å²) in [6, 6.07) is 15.2. The molecule has 34 heavy (non-hydrogen) atoms. The molecule has 5 rings (SSSR count). The van der Waals surface area contributed by atoms with E-state index in [2.05, 4.69) is 107 Å². The van der Waals surface area contributed by atoms with E-state index in [4.69, 9.17) is 9.97 Å². The fraction of sp³-hybridized carbons (Fsp3) is 0.400. The minimum absolute atomic E-state index is 0.0446. The van der Waals surface area contributed by atoms with E-state index in [9.17, 15) is 0 Å². The van der Waals surface area contributed by atoms with Crippen LogP contribution in [0.3, 0.4) is 0 Å². The molecule has 0 aliphatic carbocycles. The van der Waals surface area contributed by atoms with E-state index >= 15 is 0 Å². The molecule has 0 spiro atoms. The fourth-order valence-electron chi connectivity index (χ4n) is 5.20. The number of imidazole rings is 2. The van der Waals surface area contributed by atoms with Crippen LogP contribution < -0.4 is 0 Å². The SMILES string of the molecule is CCC(C)(C)c1nc2c(c3ccccc3c3ncc(-c4c(C)cccc4C)n32)n1CC(C)(C)C. The Morgan fingerprint density at radius 3 is 2.09 bits per heavy atom. The molecule has 0 atom stereocenters. The summed E-state index contributed by atoms with van der Waals surface area (Å²) in [6.45, 7) is 19.1. The van der Waals surface area contributed by atoms with Crippen LogP contribution in [0.4, 0.5) is 0 Å². The normalized spacial score (nSPS) is 12.9. The van der Waals surface area contributed by atoms with E-state index in [1.807, 2.05) is 6.20 Å². The highest BCUT2D eigenvalue weighted by atomic mass is 15.2. The molecule has 0 saturated heterocycles. The molecule has 0 saturated carbocycles. The quantitative estimate of drug-likeness (QED) is 0.278. The predicted octanol–water partition coefficient (Wildman–Crippen LogP) is 7.85. The Hall–Kier alpha value is -3.14. The molecule has 4 nitrogen and oxygen atoms in total. The van der Waals surface area contributed by atoms with Gasteiger partial charge in [-0.25, -0.2) is 9.97 Å². The van der Waals surface area contributed by atoms with E-state index in [-0.39, 0.29) is 10.8 Å². The van der Waals surface area contributed by atoms with Gasteiger partial charge in [-0.2, -0.15) is 0 Å². The topological polar surface area (TPSA) is 35.1 Å². The zero-order valence-corrected chi connectivity index (χ0v) is 21.8. The summed E-state index contributed by atoms with van der Waals surface area (Å²) in [5.74, 6) is 1.15. The molecule has 0 aliphatic heterocycles. The van der Waals surface area contributed by atoms with Gasteiger partial charge in [0.05, 0.1) is 17.4 Å². The lowest BCUT2D eigenvalue weighted by molar-refractivity contribution is 0.326. The van der Waals surface area contributed by atoms with Crippen LogP contribution >= 0.6 is 0 Å². The second-order valence-corrected chi connectivity index (χ2v) is 11.6. The average molecular weight is 453 g/mol. The number of benzene rings is 2. The summed E-state index contributed by atoms with van der Waals surface area (Å²) in [5, 5.41) is 2.39. The molecule has 176 valence electrons. The van der Waals surface area contributed by atoms with Crippen molar-refractivity contribution in [3.8, 4) is 11.3 Å². The lowest BCUT2D eigenvalue weighted by Crippen LogP contribution is -2.25. The van der Waals surface area contributed by atoms with Gasteiger partial charge < -0.3 is 4.57 Å². The first-order valence-electron chi connectivity index (χ1n) is 12.4. The number of nitrogens with zero attached hydrogens (tertiary/aromatic N) is 4. The van der Waals surface area contributed by atoms with Crippen LogP contribution in [0.2, 0.25) is 0 Å². The van der Waals surface area contributed by atoms with E-state index in [0.29, 0.717) is 0 Å². The summed E-state index contributed by atoms with van der Waals surface area (Å²) < 4.78 is 4.80. The minimum atomic E-state index is -0.0446. The maximum atomic E-state index is 5.42. The Balaban J connectivity index is 2.03. The van der Waals surface area contributed by atoms with Crippen LogP contribution in [-0.4, -0.2) is 18.9 Å². The van der Waals surface area contributed by atoms with Crippen molar-refractivity contribution in [2.24, 2.45) is 5.41 Å². The van der Waals surface area contributed by atoms with Crippen molar-refractivity contribution in [1.29, 1.82) is 0 Å².